The van der Waals surface area contributed by atoms with Crippen molar-refractivity contribution in [1.29, 1.82) is 0 Å². The predicted octanol–water partition coefficient (Wildman–Crippen LogP) is 3.63. The van der Waals surface area contributed by atoms with Crippen molar-refractivity contribution in [1.82, 2.24) is 4.98 Å². The topological polar surface area (TPSA) is 42.2 Å². The van der Waals surface area contributed by atoms with Crippen LogP contribution in [0.3, 0.4) is 0 Å². The van der Waals surface area contributed by atoms with Crippen LogP contribution >= 0.6 is 11.3 Å². The lowest BCUT2D eigenvalue weighted by atomic mass is 10.2. The van der Waals surface area contributed by atoms with Gasteiger partial charge in [0.05, 0.1) is 5.69 Å². The summed E-state index contributed by atoms with van der Waals surface area (Å²) < 4.78 is 0. The highest BCUT2D eigenvalue weighted by atomic mass is 32.1. The molecule has 3 nitrogen and oxygen atoms in total. The highest BCUT2D eigenvalue weighted by Gasteiger charge is 2.14. The van der Waals surface area contributed by atoms with Gasteiger partial charge in [-0.05, 0) is 32.4 Å². The van der Waals surface area contributed by atoms with Gasteiger partial charge in [0.15, 0.2) is 5.13 Å². The molecule has 0 aliphatic carbocycles. The summed E-state index contributed by atoms with van der Waals surface area (Å²) in [6, 6.07) is 8.56. The third-order valence-electron chi connectivity index (χ3n) is 3.18. The van der Waals surface area contributed by atoms with E-state index in [0.717, 1.165) is 23.8 Å². The molecule has 2 N–H and O–H groups in total. The number of anilines is 2. The molecule has 2 aromatic rings. The van der Waals surface area contributed by atoms with Crippen molar-refractivity contribution < 1.29 is 0 Å². The van der Waals surface area contributed by atoms with Crippen molar-refractivity contribution in [3.63, 3.8) is 0 Å². The number of nitrogens with two attached hydrogens (primary N) is 1. The second kappa shape index (κ2) is 6.17. The van der Waals surface area contributed by atoms with Crippen LogP contribution in [0.4, 0.5) is 10.8 Å². The minimum atomic E-state index is 0.576. The second-order valence-electron chi connectivity index (χ2n) is 4.50. The van der Waals surface area contributed by atoms with Crippen molar-refractivity contribution in [3.8, 4) is 0 Å². The molecule has 0 saturated carbocycles. The molecular formula is C15H21N3S. The summed E-state index contributed by atoms with van der Waals surface area (Å²) in [5.41, 5.74) is 9.39. The van der Waals surface area contributed by atoms with Crippen molar-refractivity contribution in [2.45, 2.75) is 33.7 Å². The molecule has 0 bridgehead atoms. The fourth-order valence-corrected chi connectivity index (χ4v) is 3.19. The summed E-state index contributed by atoms with van der Waals surface area (Å²) in [7, 11) is 0. The van der Waals surface area contributed by atoms with Crippen molar-refractivity contribution in [3.05, 3.63) is 40.4 Å². The number of aromatic nitrogens is 1. The van der Waals surface area contributed by atoms with Crippen LogP contribution in [0, 0.1) is 6.92 Å². The first-order chi connectivity index (χ1) is 9.19. The molecule has 1 aromatic carbocycles. The Kier molecular flexibility index (Phi) is 4.56. The second-order valence-corrected chi connectivity index (χ2v) is 5.57. The number of hydrogen-bond acceptors (Lipinski definition) is 4. The summed E-state index contributed by atoms with van der Waals surface area (Å²) in [5, 5.41) is 1.05. The normalized spacial score (nSPS) is 10.7. The lowest BCUT2D eigenvalue weighted by Gasteiger charge is -2.20. The van der Waals surface area contributed by atoms with E-state index in [1.165, 1.54) is 16.1 Å². The first kappa shape index (κ1) is 14.0. The van der Waals surface area contributed by atoms with E-state index in [1.807, 2.05) is 0 Å². The number of rotatable bonds is 5. The zero-order chi connectivity index (χ0) is 13.8. The van der Waals surface area contributed by atoms with E-state index in [2.05, 4.69) is 49.9 Å². The molecular weight excluding hydrogens is 254 g/mol. The van der Waals surface area contributed by atoms with Gasteiger partial charge >= 0.3 is 0 Å². The maximum atomic E-state index is 5.79. The molecule has 0 aliphatic heterocycles. The fourth-order valence-electron chi connectivity index (χ4n) is 2.07. The van der Waals surface area contributed by atoms with Gasteiger partial charge in [-0.15, -0.1) is 0 Å². The average Bonchev–Trinajstić information content (AvgIpc) is 2.85. The van der Waals surface area contributed by atoms with Gasteiger partial charge in [-0.3, -0.25) is 0 Å². The largest absolute Gasteiger partial charge is 0.326 e. The molecule has 0 unspecified atom stereocenters. The standard InChI is InChI=1S/C15H21N3S/c1-4-13-14(10-16)19-15(17-13)18(5-2)12-8-6-11(3)7-9-12/h6-9H,4-5,10,16H2,1-3H3. The van der Waals surface area contributed by atoms with Gasteiger partial charge in [0.2, 0.25) is 0 Å². The van der Waals surface area contributed by atoms with Crippen molar-refractivity contribution >= 4 is 22.2 Å². The number of hydrogen-bond donors (Lipinski definition) is 1. The van der Waals surface area contributed by atoms with E-state index >= 15 is 0 Å². The molecule has 0 atom stereocenters. The molecule has 0 saturated heterocycles. The number of nitrogens with zero attached hydrogens (tertiary/aromatic N) is 2. The summed E-state index contributed by atoms with van der Waals surface area (Å²) in [6.45, 7) is 7.86. The van der Waals surface area contributed by atoms with Crippen LogP contribution in [0.2, 0.25) is 0 Å². The maximum absolute atomic E-state index is 5.79. The van der Waals surface area contributed by atoms with E-state index in [-0.39, 0.29) is 0 Å². The zero-order valence-corrected chi connectivity index (χ0v) is 12.6. The third-order valence-corrected chi connectivity index (χ3v) is 4.32. The predicted molar refractivity (Wildman–Crippen MR) is 83.2 cm³/mol. The zero-order valence-electron chi connectivity index (χ0n) is 11.8. The number of benzene rings is 1. The third kappa shape index (κ3) is 2.96. The van der Waals surface area contributed by atoms with Gasteiger partial charge < -0.3 is 10.6 Å². The molecule has 0 radical (unpaired) electrons. The Hall–Kier alpha value is -1.39. The van der Waals surface area contributed by atoms with Crippen LogP contribution in [0.25, 0.3) is 0 Å². The number of aryl methyl sites for hydroxylation is 2. The van der Waals surface area contributed by atoms with Gasteiger partial charge in [0.25, 0.3) is 0 Å². The van der Waals surface area contributed by atoms with Crippen LogP contribution < -0.4 is 10.6 Å². The van der Waals surface area contributed by atoms with E-state index in [4.69, 9.17) is 10.7 Å². The summed E-state index contributed by atoms with van der Waals surface area (Å²) in [4.78, 5) is 8.17. The maximum Gasteiger partial charge on any atom is 0.190 e. The minimum Gasteiger partial charge on any atom is -0.326 e. The lowest BCUT2D eigenvalue weighted by molar-refractivity contribution is 0.960. The molecule has 0 spiro atoms. The van der Waals surface area contributed by atoms with Gasteiger partial charge in [-0.2, -0.15) is 0 Å². The van der Waals surface area contributed by atoms with Crippen molar-refractivity contribution in [2.24, 2.45) is 5.73 Å². The van der Waals surface area contributed by atoms with E-state index in [9.17, 15) is 0 Å². The van der Waals surface area contributed by atoms with Gasteiger partial charge in [-0.25, -0.2) is 4.98 Å². The Bertz CT molecular complexity index is 509. The van der Waals surface area contributed by atoms with E-state index in [0.29, 0.717) is 6.54 Å². The quantitative estimate of drug-likeness (QED) is 0.906. The van der Waals surface area contributed by atoms with E-state index < -0.39 is 0 Å². The summed E-state index contributed by atoms with van der Waals surface area (Å²) in [5.74, 6) is 0. The Morgan fingerprint density at radius 1 is 1.21 bits per heavy atom. The highest BCUT2D eigenvalue weighted by molar-refractivity contribution is 7.15. The molecule has 19 heavy (non-hydrogen) atoms. The molecule has 0 aliphatic rings. The Morgan fingerprint density at radius 3 is 2.37 bits per heavy atom. The molecule has 4 heteroatoms. The van der Waals surface area contributed by atoms with Crippen LogP contribution in [0.1, 0.15) is 30.0 Å². The monoisotopic (exact) mass is 275 g/mol. The first-order valence-corrected chi connectivity index (χ1v) is 7.54. The smallest absolute Gasteiger partial charge is 0.190 e. The van der Waals surface area contributed by atoms with Crippen LogP contribution in [0.5, 0.6) is 0 Å². The molecule has 102 valence electrons. The molecule has 1 aromatic heterocycles. The lowest BCUT2D eigenvalue weighted by Crippen LogP contribution is -2.15. The Labute approximate surface area is 119 Å². The summed E-state index contributed by atoms with van der Waals surface area (Å²) >= 11 is 1.71. The summed E-state index contributed by atoms with van der Waals surface area (Å²) in [6.07, 6.45) is 0.939. The number of thiazole rings is 1. The van der Waals surface area contributed by atoms with Crippen LogP contribution in [-0.4, -0.2) is 11.5 Å². The van der Waals surface area contributed by atoms with Crippen LogP contribution in [0.15, 0.2) is 24.3 Å². The molecule has 0 amide bonds. The Morgan fingerprint density at radius 2 is 1.89 bits per heavy atom. The molecule has 1 heterocycles. The Balaban J connectivity index is 2.36. The molecule has 2 rings (SSSR count). The first-order valence-electron chi connectivity index (χ1n) is 6.72. The van der Waals surface area contributed by atoms with Gasteiger partial charge in [0, 0.05) is 23.7 Å². The fraction of sp³-hybridized carbons (Fsp3) is 0.400. The average molecular weight is 275 g/mol. The van der Waals surface area contributed by atoms with Crippen molar-refractivity contribution in [2.75, 3.05) is 11.4 Å². The van der Waals surface area contributed by atoms with E-state index in [1.54, 1.807) is 11.3 Å². The molecule has 0 fully saturated rings. The van der Waals surface area contributed by atoms with Gasteiger partial charge in [-0.1, -0.05) is 36.0 Å². The van der Waals surface area contributed by atoms with Crippen LogP contribution in [-0.2, 0) is 13.0 Å². The van der Waals surface area contributed by atoms with Gasteiger partial charge in [0.1, 0.15) is 0 Å². The highest BCUT2D eigenvalue weighted by Crippen LogP contribution is 2.31. The minimum absolute atomic E-state index is 0.576. The SMILES string of the molecule is CCc1nc(N(CC)c2ccc(C)cc2)sc1CN.